The Morgan fingerprint density at radius 2 is 2.03 bits per heavy atom. The maximum absolute atomic E-state index is 12.6. The van der Waals surface area contributed by atoms with Gasteiger partial charge >= 0.3 is 6.36 Å². The maximum Gasteiger partial charge on any atom is 0.573 e. The van der Waals surface area contributed by atoms with E-state index < -0.39 is 12.0 Å². The summed E-state index contributed by atoms with van der Waals surface area (Å²) in [6, 6.07) is 4.39. The molecule has 1 aromatic carbocycles. The van der Waals surface area contributed by atoms with Gasteiger partial charge in [-0.2, -0.15) is 5.10 Å². The number of carbonyl (C=O) groups is 1. The average molecular weight is 553 g/mol. The van der Waals surface area contributed by atoms with E-state index in [2.05, 4.69) is 37.3 Å². The third kappa shape index (κ3) is 5.74. The second-order valence-corrected chi connectivity index (χ2v) is 11.1. The molecule has 2 fully saturated rings. The number of alkyl halides is 3. The number of aryl methyl sites for hydroxylation is 2. The minimum absolute atomic E-state index is 0.0333. The highest BCUT2D eigenvalue weighted by Gasteiger charge is 2.41. The molecule has 38 heavy (non-hydrogen) atoms. The summed E-state index contributed by atoms with van der Waals surface area (Å²) in [4.78, 5) is 20.2. The Morgan fingerprint density at radius 1 is 1.29 bits per heavy atom. The maximum atomic E-state index is 12.6. The van der Waals surface area contributed by atoms with Gasteiger partial charge in [0, 0.05) is 37.8 Å². The number of carbonyl (C=O) groups excluding carboxylic acids is 1. The monoisotopic (exact) mass is 552 g/mol. The molecule has 3 aromatic rings. The molecule has 0 unspecified atom stereocenters. The van der Waals surface area contributed by atoms with Crippen LogP contribution in [-0.2, 0) is 23.9 Å². The fraction of sp³-hybridized carbons (Fsp3) is 0.560. The summed E-state index contributed by atoms with van der Waals surface area (Å²) >= 11 is 1.60. The van der Waals surface area contributed by atoms with Crippen LogP contribution in [0.15, 0.2) is 24.4 Å². The predicted octanol–water partition coefficient (Wildman–Crippen LogP) is 3.53. The van der Waals surface area contributed by atoms with E-state index in [1.807, 2.05) is 6.20 Å². The largest absolute Gasteiger partial charge is 0.573 e. The first-order valence-electron chi connectivity index (χ1n) is 12.7. The quantitative estimate of drug-likeness (QED) is 0.393. The number of nitrogens with zero attached hydrogens (tertiary/aromatic N) is 4. The number of nitrogens with one attached hydrogen (secondary N) is 2. The van der Waals surface area contributed by atoms with Crippen LogP contribution in [0.25, 0.3) is 10.9 Å². The first-order chi connectivity index (χ1) is 18.0. The van der Waals surface area contributed by atoms with E-state index >= 15 is 0 Å². The van der Waals surface area contributed by atoms with Gasteiger partial charge < -0.3 is 20.5 Å². The molecule has 13 heteroatoms. The zero-order valence-corrected chi connectivity index (χ0v) is 22.0. The lowest BCUT2D eigenvalue weighted by atomic mass is 9.80. The van der Waals surface area contributed by atoms with Crippen LogP contribution in [0.3, 0.4) is 0 Å². The lowest BCUT2D eigenvalue weighted by molar-refractivity contribution is -0.274. The van der Waals surface area contributed by atoms with Gasteiger partial charge in [0.2, 0.25) is 5.91 Å². The summed E-state index contributed by atoms with van der Waals surface area (Å²) in [6.45, 7) is 3.50. The summed E-state index contributed by atoms with van der Waals surface area (Å²) in [6.07, 6.45) is 1.09. The lowest BCUT2D eigenvalue weighted by Crippen LogP contribution is -2.63. The molecule has 1 aliphatic heterocycles. The molecule has 0 atom stereocenters. The van der Waals surface area contributed by atoms with Crippen molar-refractivity contribution in [1.82, 2.24) is 25.0 Å². The number of benzene rings is 1. The molecule has 2 aromatic heterocycles. The third-order valence-corrected chi connectivity index (χ3v) is 8.69. The minimum Gasteiger partial charge on any atom is -0.406 e. The second-order valence-electron chi connectivity index (χ2n) is 10.0. The standard InChI is InChI=1S/C25H31F3N6O3S/c1-3-22-29-11-20(38-22)24(36)8-6-16(7-9-24)34-13-15(14-34)31-21(35)12-30-23-18-10-17(37-25(26,27)28)4-5-19(18)33(2)32-23/h4-5,10-11,15-16,36H,3,6-9,12-14H2,1-2H3,(H,30,32)(H,31,35). The number of amides is 1. The SMILES string of the molecule is CCc1ncc(C2(O)CCC(N3CC(NC(=O)CNc4nn(C)c5ccc(OC(F)(F)F)cc45)C3)CC2)s1. The topological polar surface area (TPSA) is 105 Å². The molecular formula is C25H31F3N6O3S. The number of hydrogen-bond acceptors (Lipinski definition) is 8. The smallest absolute Gasteiger partial charge is 0.406 e. The molecule has 0 bridgehead atoms. The van der Waals surface area contributed by atoms with Crippen LogP contribution >= 0.6 is 11.3 Å². The lowest BCUT2D eigenvalue weighted by Gasteiger charge is -2.48. The van der Waals surface area contributed by atoms with Crippen LogP contribution < -0.4 is 15.4 Å². The van der Waals surface area contributed by atoms with Crippen molar-refractivity contribution in [3.63, 3.8) is 0 Å². The molecule has 5 rings (SSSR count). The Balaban J connectivity index is 1.08. The minimum atomic E-state index is -4.79. The van der Waals surface area contributed by atoms with Crippen LogP contribution in [0.5, 0.6) is 5.75 Å². The number of anilines is 1. The normalized spacial score (nSPS) is 22.8. The Morgan fingerprint density at radius 3 is 2.68 bits per heavy atom. The van der Waals surface area contributed by atoms with Gasteiger partial charge in [0.1, 0.15) is 11.4 Å². The first kappa shape index (κ1) is 26.7. The van der Waals surface area contributed by atoms with Gasteiger partial charge in [-0.15, -0.1) is 24.5 Å². The summed E-state index contributed by atoms with van der Waals surface area (Å²) in [5, 5.41) is 22.8. The van der Waals surface area contributed by atoms with Gasteiger partial charge in [-0.1, -0.05) is 6.92 Å². The third-order valence-electron chi connectivity index (χ3n) is 7.36. The number of hydrogen-bond donors (Lipinski definition) is 3. The summed E-state index contributed by atoms with van der Waals surface area (Å²) in [7, 11) is 1.67. The van der Waals surface area contributed by atoms with Gasteiger partial charge in [0.15, 0.2) is 5.82 Å². The van der Waals surface area contributed by atoms with Crippen molar-refractivity contribution in [2.75, 3.05) is 25.0 Å². The molecule has 0 radical (unpaired) electrons. The van der Waals surface area contributed by atoms with Gasteiger partial charge in [-0.25, -0.2) is 4.98 Å². The number of ether oxygens (including phenoxy) is 1. The zero-order valence-electron chi connectivity index (χ0n) is 21.2. The van der Waals surface area contributed by atoms with Crippen molar-refractivity contribution >= 4 is 34.0 Å². The van der Waals surface area contributed by atoms with Crippen molar-refractivity contribution in [3.8, 4) is 5.75 Å². The van der Waals surface area contributed by atoms with Gasteiger partial charge in [-0.05, 0) is 50.3 Å². The molecule has 2 aliphatic rings. The molecule has 1 saturated carbocycles. The Bertz CT molecular complexity index is 1300. The molecule has 1 amide bonds. The zero-order chi connectivity index (χ0) is 27.1. The van der Waals surface area contributed by atoms with E-state index in [1.54, 1.807) is 18.4 Å². The van der Waals surface area contributed by atoms with Gasteiger partial charge in [0.25, 0.3) is 0 Å². The summed E-state index contributed by atoms with van der Waals surface area (Å²) in [5.41, 5.74) is -0.182. The van der Waals surface area contributed by atoms with Crippen LogP contribution in [0.2, 0.25) is 0 Å². The van der Waals surface area contributed by atoms with Crippen LogP contribution in [-0.4, -0.2) is 68.8 Å². The second kappa shape index (κ2) is 10.3. The van der Waals surface area contributed by atoms with E-state index in [9.17, 15) is 23.1 Å². The average Bonchev–Trinajstić information content (AvgIpc) is 3.45. The van der Waals surface area contributed by atoms with E-state index in [1.165, 1.54) is 22.9 Å². The van der Waals surface area contributed by atoms with Crippen molar-refractivity contribution < 1.29 is 27.8 Å². The molecular weight excluding hydrogens is 521 g/mol. The summed E-state index contributed by atoms with van der Waals surface area (Å²) < 4.78 is 43.3. The van der Waals surface area contributed by atoms with E-state index in [-0.39, 0.29) is 24.2 Å². The number of aliphatic hydroxyl groups is 1. The Kier molecular flexibility index (Phi) is 7.27. The molecule has 3 N–H and O–H groups in total. The van der Waals surface area contributed by atoms with Gasteiger partial charge in [-0.3, -0.25) is 14.4 Å². The van der Waals surface area contributed by atoms with Crippen LogP contribution in [0, 0.1) is 0 Å². The highest BCUT2D eigenvalue weighted by atomic mass is 32.1. The highest BCUT2D eigenvalue weighted by molar-refractivity contribution is 7.11. The molecule has 206 valence electrons. The van der Waals surface area contributed by atoms with Crippen LogP contribution in [0.4, 0.5) is 19.0 Å². The fourth-order valence-electron chi connectivity index (χ4n) is 5.30. The van der Waals surface area contributed by atoms with Crippen molar-refractivity contribution in [1.29, 1.82) is 0 Å². The Labute approximate surface area is 222 Å². The number of fused-ring (bicyclic) bond motifs is 1. The number of aromatic nitrogens is 3. The van der Waals surface area contributed by atoms with Crippen molar-refractivity contribution in [2.45, 2.75) is 63.1 Å². The number of thiazole rings is 1. The molecule has 9 nitrogen and oxygen atoms in total. The molecule has 1 aliphatic carbocycles. The Hall–Kier alpha value is -2.90. The first-order valence-corrected chi connectivity index (χ1v) is 13.5. The number of halogens is 3. The molecule has 0 spiro atoms. The van der Waals surface area contributed by atoms with E-state index in [0.29, 0.717) is 35.6 Å². The van der Waals surface area contributed by atoms with E-state index in [4.69, 9.17) is 0 Å². The molecule has 3 heterocycles. The van der Waals surface area contributed by atoms with E-state index in [0.717, 1.165) is 42.2 Å². The number of likely N-dealkylation sites (tertiary alicyclic amines) is 1. The molecule has 1 saturated heterocycles. The van der Waals surface area contributed by atoms with Gasteiger partial charge in [0.05, 0.1) is 28.0 Å². The highest BCUT2D eigenvalue weighted by Crippen LogP contribution is 2.41. The predicted molar refractivity (Wildman–Crippen MR) is 137 cm³/mol. The fourth-order valence-corrected chi connectivity index (χ4v) is 6.30. The van der Waals surface area contributed by atoms with Crippen molar-refractivity contribution in [3.05, 3.63) is 34.3 Å². The van der Waals surface area contributed by atoms with Crippen molar-refractivity contribution in [2.24, 2.45) is 7.05 Å². The summed E-state index contributed by atoms with van der Waals surface area (Å²) in [5.74, 6) is -0.257. The number of rotatable bonds is 8. The van der Waals surface area contributed by atoms with Crippen LogP contribution in [0.1, 0.15) is 42.5 Å².